The van der Waals surface area contributed by atoms with Crippen molar-refractivity contribution in [3.8, 4) is 0 Å². The summed E-state index contributed by atoms with van der Waals surface area (Å²) in [4.78, 5) is 9.93. The van der Waals surface area contributed by atoms with Gasteiger partial charge in [-0.25, -0.2) is 0 Å². The molecule has 0 atom stereocenters. The molecule has 1 radical (unpaired) electrons. The zero-order chi connectivity index (χ0) is 13.2. The van der Waals surface area contributed by atoms with Crippen LogP contribution >= 0.6 is 0 Å². The van der Waals surface area contributed by atoms with E-state index in [9.17, 15) is 9.90 Å². The molecule has 3 heteroatoms. The predicted molar refractivity (Wildman–Crippen MR) is 70.6 cm³/mol. The molecule has 1 aromatic carbocycles. The van der Waals surface area contributed by atoms with Crippen molar-refractivity contribution in [2.45, 2.75) is 38.2 Å². The number of rotatable bonds is 2. The molecule has 0 heterocycles. The Balaban J connectivity index is 0.000000184. The van der Waals surface area contributed by atoms with E-state index in [1.54, 1.807) is 0 Å². The highest BCUT2D eigenvalue weighted by atomic mass is 16.7. The summed E-state index contributed by atoms with van der Waals surface area (Å²) in [5.41, 5.74) is 1.17. The fourth-order valence-corrected chi connectivity index (χ4v) is 1.91. The molecule has 2 rings (SSSR count). The van der Waals surface area contributed by atoms with Gasteiger partial charge in [-0.2, -0.15) is 9.90 Å². The fourth-order valence-electron chi connectivity index (χ4n) is 1.91. The first kappa shape index (κ1) is 14.3. The minimum atomic E-state index is -1.38. The predicted octanol–water partition coefficient (Wildman–Crippen LogP) is 4.22. The zero-order valence-electron chi connectivity index (χ0n) is 10.5. The van der Waals surface area contributed by atoms with E-state index in [0.29, 0.717) is 0 Å². The van der Waals surface area contributed by atoms with Crippen molar-refractivity contribution in [1.82, 2.24) is 0 Å². The standard InChI is InChI=1S/C8H8.C7H11O3/c1-2-8-6-4-3-5-7-8;8-7(9)10-6-4-2-1-3-5-6/h2-7H,1H2;6H,1-5H2. The Morgan fingerprint density at radius 2 is 1.78 bits per heavy atom. The van der Waals surface area contributed by atoms with Gasteiger partial charge < -0.3 is 4.74 Å². The minimum Gasteiger partial charge on any atom is -0.428 e. The SMILES string of the molecule is C=Cc1ccccc1.[O]C(=O)OC1CCCCC1. The van der Waals surface area contributed by atoms with Gasteiger partial charge in [0, 0.05) is 0 Å². The number of carbonyl (C=O) groups is 1. The Kier molecular flexibility index (Phi) is 6.62. The normalized spacial score (nSPS) is 15.1. The van der Waals surface area contributed by atoms with Crippen molar-refractivity contribution in [3.63, 3.8) is 0 Å². The maximum Gasteiger partial charge on any atom is 0.550 e. The van der Waals surface area contributed by atoms with Gasteiger partial charge in [0.1, 0.15) is 6.10 Å². The summed E-state index contributed by atoms with van der Waals surface area (Å²) in [6.45, 7) is 3.63. The highest BCUT2D eigenvalue weighted by molar-refractivity contribution is 5.56. The number of benzene rings is 1. The van der Waals surface area contributed by atoms with E-state index in [1.807, 2.05) is 36.4 Å². The molecule has 0 saturated heterocycles. The second-order valence-corrected chi connectivity index (χ2v) is 4.24. The van der Waals surface area contributed by atoms with Crippen molar-refractivity contribution in [2.24, 2.45) is 0 Å². The zero-order valence-corrected chi connectivity index (χ0v) is 10.5. The summed E-state index contributed by atoms with van der Waals surface area (Å²) in [6, 6.07) is 10.0. The molecule has 0 bridgehead atoms. The lowest BCUT2D eigenvalue weighted by Gasteiger charge is -2.19. The van der Waals surface area contributed by atoms with Crippen molar-refractivity contribution in [1.29, 1.82) is 0 Å². The molecular weight excluding hydrogens is 228 g/mol. The van der Waals surface area contributed by atoms with Gasteiger partial charge in [0.2, 0.25) is 0 Å². The molecule has 0 aromatic heterocycles. The third-order valence-corrected chi connectivity index (χ3v) is 2.85. The van der Waals surface area contributed by atoms with E-state index >= 15 is 0 Å². The lowest BCUT2D eigenvalue weighted by atomic mass is 9.98. The lowest BCUT2D eigenvalue weighted by Crippen LogP contribution is -2.18. The van der Waals surface area contributed by atoms with Crippen LogP contribution in [-0.2, 0) is 9.84 Å². The number of hydrogen-bond acceptors (Lipinski definition) is 2. The van der Waals surface area contributed by atoms with Gasteiger partial charge in [0.05, 0.1) is 0 Å². The van der Waals surface area contributed by atoms with Crippen LogP contribution in [0.2, 0.25) is 0 Å². The number of hydrogen-bond donors (Lipinski definition) is 0. The molecule has 1 aliphatic rings. The van der Waals surface area contributed by atoms with Crippen LogP contribution in [0.4, 0.5) is 4.79 Å². The summed E-state index contributed by atoms with van der Waals surface area (Å²) >= 11 is 0. The first-order valence-electron chi connectivity index (χ1n) is 6.27. The van der Waals surface area contributed by atoms with Gasteiger partial charge in [-0.3, -0.25) is 0 Å². The highest BCUT2D eigenvalue weighted by Crippen LogP contribution is 2.20. The van der Waals surface area contributed by atoms with E-state index in [2.05, 4.69) is 11.3 Å². The van der Waals surface area contributed by atoms with E-state index in [1.165, 1.54) is 12.0 Å². The minimum absolute atomic E-state index is 0.0845. The van der Waals surface area contributed by atoms with Crippen LogP contribution in [-0.4, -0.2) is 12.3 Å². The first-order valence-corrected chi connectivity index (χ1v) is 6.27. The molecule has 1 fully saturated rings. The summed E-state index contributed by atoms with van der Waals surface area (Å²) in [7, 11) is 0. The highest BCUT2D eigenvalue weighted by Gasteiger charge is 2.17. The Morgan fingerprint density at radius 3 is 2.22 bits per heavy atom. The van der Waals surface area contributed by atoms with Crippen LogP contribution in [0.1, 0.15) is 37.7 Å². The summed E-state index contributed by atoms with van der Waals surface area (Å²) in [6.07, 6.45) is 5.47. The van der Waals surface area contributed by atoms with Crippen molar-refractivity contribution >= 4 is 12.2 Å². The average molecular weight is 247 g/mol. The topological polar surface area (TPSA) is 46.2 Å². The van der Waals surface area contributed by atoms with Crippen LogP contribution in [0.15, 0.2) is 36.9 Å². The van der Waals surface area contributed by atoms with E-state index in [-0.39, 0.29) is 6.10 Å². The molecule has 0 unspecified atom stereocenters. The Morgan fingerprint density at radius 1 is 1.17 bits per heavy atom. The van der Waals surface area contributed by atoms with Crippen molar-refractivity contribution in [3.05, 3.63) is 42.5 Å². The summed E-state index contributed by atoms with van der Waals surface area (Å²) in [5.74, 6) is 0. The van der Waals surface area contributed by atoms with Gasteiger partial charge >= 0.3 is 6.16 Å². The molecule has 1 saturated carbocycles. The Labute approximate surface area is 108 Å². The molecule has 3 nitrogen and oxygen atoms in total. The molecule has 0 amide bonds. The Bertz CT molecular complexity index is 353. The van der Waals surface area contributed by atoms with Gasteiger partial charge in [0.25, 0.3) is 0 Å². The number of carbonyl (C=O) groups excluding carboxylic acids is 1. The third kappa shape index (κ3) is 6.09. The smallest absolute Gasteiger partial charge is 0.428 e. The van der Waals surface area contributed by atoms with Gasteiger partial charge in [-0.05, 0) is 31.2 Å². The first-order chi connectivity index (χ1) is 8.72. The molecule has 1 aliphatic carbocycles. The second-order valence-electron chi connectivity index (χ2n) is 4.24. The van der Waals surface area contributed by atoms with Gasteiger partial charge in [0.15, 0.2) is 0 Å². The van der Waals surface area contributed by atoms with Crippen LogP contribution < -0.4 is 0 Å². The van der Waals surface area contributed by atoms with E-state index in [0.717, 1.165) is 25.7 Å². The number of ether oxygens (including phenoxy) is 1. The molecule has 0 N–H and O–H groups in total. The van der Waals surface area contributed by atoms with Crippen molar-refractivity contribution < 1.29 is 14.6 Å². The largest absolute Gasteiger partial charge is 0.550 e. The molecule has 18 heavy (non-hydrogen) atoms. The molecule has 1 aromatic rings. The van der Waals surface area contributed by atoms with Crippen molar-refractivity contribution in [2.75, 3.05) is 0 Å². The summed E-state index contributed by atoms with van der Waals surface area (Å²) in [5, 5.41) is 9.93. The monoisotopic (exact) mass is 247 g/mol. The van der Waals surface area contributed by atoms with Crippen LogP contribution in [0.5, 0.6) is 0 Å². The third-order valence-electron chi connectivity index (χ3n) is 2.85. The molecule has 0 aliphatic heterocycles. The van der Waals surface area contributed by atoms with Gasteiger partial charge in [-0.1, -0.05) is 49.4 Å². The van der Waals surface area contributed by atoms with E-state index < -0.39 is 6.16 Å². The van der Waals surface area contributed by atoms with Crippen LogP contribution in [0.25, 0.3) is 6.08 Å². The molecule has 0 spiro atoms. The fraction of sp³-hybridized carbons (Fsp3) is 0.400. The van der Waals surface area contributed by atoms with Gasteiger partial charge in [-0.15, -0.1) is 0 Å². The molecular formula is C15H19O3. The maximum atomic E-state index is 9.93. The quantitative estimate of drug-likeness (QED) is 0.735. The summed E-state index contributed by atoms with van der Waals surface area (Å²) < 4.78 is 4.50. The average Bonchev–Trinajstić information content (AvgIpc) is 2.41. The maximum absolute atomic E-state index is 9.93. The van der Waals surface area contributed by atoms with Crippen LogP contribution in [0.3, 0.4) is 0 Å². The van der Waals surface area contributed by atoms with Crippen LogP contribution in [0, 0.1) is 0 Å². The second kappa shape index (κ2) is 8.34. The Hall–Kier alpha value is -1.77. The lowest BCUT2D eigenvalue weighted by molar-refractivity contribution is 0.0186. The molecule has 97 valence electrons. The van der Waals surface area contributed by atoms with E-state index in [4.69, 9.17) is 0 Å².